The molecule has 2 heteroatoms. The summed E-state index contributed by atoms with van der Waals surface area (Å²) in [5.41, 5.74) is 2.13. The van der Waals surface area contributed by atoms with E-state index in [0.717, 1.165) is 28.9 Å². The highest BCUT2D eigenvalue weighted by Gasteiger charge is 2.37. The van der Waals surface area contributed by atoms with Gasteiger partial charge < -0.3 is 0 Å². The lowest BCUT2D eigenvalue weighted by atomic mass is 9.90. The highest BCUT2D eigenvalue weighted by Crippen LogP contribution is 2.46. The van der Waals surface area contributed by atoms with Crippen LogP contribution in [0.1, 0.15) is 41.6 Å². The zero-order chi connectivity index (χ0) is 11.8. The summed E-state index contributed by atoms with van der Waals surface area (Å²) < 4.78 is 0. The van der Waals surface area contributed by atoms with Crippen molar-refractivity contribution in [2.75, 3.05) is 0 Å². The third-order valence-electron chi connectivity index (χ3n) is 4.00. The first-order valence-electron chi connectivity index (χ1n) is 6.49. The number of fused-ring (bicyclic) bond motifs is 2. The van der Waals surface area contributed by atoms with Crippen LogP contribution in [0.5, 0.6) is 0 Å². The van der Waals surface area contributed by atoms with Gasteiger partial charge in [0, 0.05) is 22.0 Å². The molecule has 2 unspecified atom stereocenters. The molecule has 2 aliphatic rings. The van der Waals surface area contributed by atoms with E-state index in [0.29, 0.717) is 5.78 Å². The first-order chi connectivity index (χ1) is 8.22. The molecule has 2 atom stereocenters. The summed E-state index contributed by atoms with van der Waals surface area (Å²) in [5, 5.41) is 1.52. The molecule has 1 nitrogen and oxygen atoms in total. The van der Waals surface area contributed by atoms with E-state index in [1.54, 1.807) is 0 Å². The minimum absolute atomic E-state index is 0.288. The first-order valence-corrected chi connectivity index (χ1v) is 7.43. The van der Waals surface area contributed by atoms with Gasteiger partial charge in [0.25, 0.3) is 0 Å². The van der Waals surface area contributed by atoms with E-state index in [1.165, 1.54) is 18.4 Å². The largest absolute Gasteiger partial charge is 0.294 e. The Morgan fingerprint density at radius 2 is 1.71 bits per heavy atom. The van der Waals surface area contributed by atoms with Crippen molar-refractivity contribution < 1.29 is 4.79 Å². The monoisotopic (exact) mass is 246 g/mol. The van der Waals surface area contributed by atoms with Gasteiger partial charge in [-0.1, -0.05) is 29.8 Å². The molecule has 0 aliphatic carbocycles. The second-order valence-electron chi connectivity index (χ2n) is 5.36. The maximum Gasteiger partial charge on any atom is 0.166 e. The summed E-state index contributed by atoms with van der Waals surface area (Å²) in [6.07, 6.45) is 4.86. The number of rotatable bonds is 2. The molecular weight excluding hydrogens is 228 g/mol. The molecule has 2 aliphatic heterocycles. The van der Waals surface area contributed by atoms with Gasteiger partial charge in [-0.05, 0) is 32.6 Å². The molecule has 0 amide bonds. The topological polar surface area (TPSA) is 17.1 Å². The highest BCUT2D eigenvalue weighted by atomic mass is 32.2. The molecule has 2 bridgehead atoms. The van der Waals surface area contributed by atoms with Gasteiger partial charge >= 0.3 is 0 Å². The normalized spacial score (nSPS) is 31.5. The van der Waals surface area contributed by atoms with E-state index in [-0.39, 0.29) is 5.92 Å². The van der Waals surface area contributed by atoms with Gasteiger partial charge in [-0.25, -0.2) is 0 Å². The molecule has 0 saturated carbocycles. The Bertz CT molecular complexity index is 411. The summed E-state index contributed by atoms with van der Waals surface area (Å²) >= 11 is 2.12. The molecule has 0 aromatic heterocycles. The molecule has 1 aromatic rings. The van der Waals surface area contributed by atoms with Crippen LogP contribution in [0.25, 0.3) is 0 Å². The predicted molar refractivity (Wildman–Crippen MR) is 72.6 cm³/mol. The maximum absolute atomic E-state index is 12.4. The van der Waals surface area contributed by atoms with Gasteiger partial charge in [-0.2, -0.15) is 11.8 Å². The Labute approximate surface area is 107 Å². The zero-order valence-electron chi connectivity index (χ0n) is 10.2. The van der Waals surface area contributed by atoms with Gasteiger partial charge in [-0.3, -0.25) is 4.79 Å². The molecule has 0 spiro atoms. The van der Waals surface area contributed by atoms with Crippen molar-refractivity contribution in [1.82, 2.24) is 0 Å². The van der Waals surface area contributed by atoms with E-state index >= 15 is 0 Å². The Balaban J connectivity index is 1.76. The quantitative estimate of drug-likeness (QED) is 0.737. The molecule has 3 rings (SSSR count). The predicted octanol–water partition coefficient (Wildman–Crippen LogP) is 3.85. The number of aryl methyl sites for hydroxylation is 1. The number of hydrogen-bond donors (Lipinski definition) is 0. The lowest BCUT2D eigenvalue weighted by Gasteiger charge is -2.26. The number of carbonyl (C=O) groups excluding carboxylic acids is 1. The van der Waals surface area contributed by atoms with Gasteiger partial charge in [0.1, 0.15) is 0 Å². The molecule has 1 aromatic carbocycles. The first kappa shape index (κ1) is 11.3. The van der Waals surface area contributed by atoms with Crippen molar-refractivity contribution in [1.29, 1.82) is 0 Å². The lowest BCUT2D eigenvalue weighted by Crippen LogP contribution is -2.24. The van der Waals surface area contributed by atoms with E-state index < -0.39 is 0 Å². The second-order valence-corrected chi connectivity index (χ2v) is 6.96. The van der Waals surface area contributed by atoms with E-state index in [2.05, 4.69) is 18.7 Å². The van der Waals surface area contributed by atoms with Crippen LogP contribution in [0.2, 0.25) is 0 Å². The summed E-state index contributed by atoms with van der Waals surface area (Å²) in [7, 11) is 0. The fraction of sp³-hybridized carbons (Fsp3) is 0.533. The van der Waals surface area contributed by atoms with Crippen molar-refractivity contribution in [2.45, 2.75) is 43.1 Å². The van der Waals surface area contributed by atoms with Gasteiger partial charge in [0.2, 0.25) is 0 Å². The van der Waals surface area contributed by atoms with Gasteiger partial charge in [0.15, 0.2) is 5.78 Å². The van der Waals surface area contributed by atoms with Crippen LogP contribution in [0.4, 0.5) is 0 Å². The molecule has 0 N–H and O–H groups in total. The molecule has 0 radical (unpaired) electrons. The van der Waals surface area contributed by atoms with Gasteiger partial charge in [-0.15, -0.1) is 0 Å². The SMILES string of the molecule is Cc1ccc(C(=O)C2CC3CCC(C2)S3)cc1. The molecule has 90 valence electrons. The molecule has 2 fully saturated rings. The van der Waals surface area contributed by atoms with E-state index in [4.69, 9.17) is 0 Å². The second kappa shape index (κ2) is 4.49. The molecule has 2 heterocycles. The number of ketones is 1. The standard InChI is InChI=1S/C15H18OS/c1-10-2-4-11(5-3-10)15(16)12-8-13-6-7-14(9-12)17-13/h2-5,12-14H,6-9H2,1H3. The lowest BCUT2D eigenvalue weighted by molar-refractivity contribution is 0.0907. The number of carbonyl (C=O) groups is 1. The number of thioether (sulfide) groups is 1. The van der Waals surface area contributed by atoms with Crippen molar-refractivity contribution in [3.63, 3.8) is 0 Å². The van der Waals surface area contributed by atoms with Crippen LogP contribution in [-0.2, 0) is 0 Å². The third kappa shape index (κ3) is 2.28. The Morgan fingerprint density at radius 1 is 1.12 bits per heavy atom. The summed E-state index contributed by atoms with van der Waals surface area (Å²) in [4.78, 5) is 12.4. The zero-order valence-corrected chi connectivity index (χ0v) is 11.0. The van der Waals surface area contributed by atoms with E-state index in [1.807, 2.05) is 24.3 Å². The van der Waals surface area contributed by atoms with Gasteiger partial charge in [0.05, 0.1) is 0 Å². The van der Waals surface area contributed by atoms with Crippen LogP contribution >= 0.6 is 11.8 Å². The highest BCUT2D eigenvalue weighted by molar-refractivity contribution is 8.00. The summed E-state index contributed by atoms with van der Waals surface area (Å²) in [6, 6.07) is 8.06. The minimum Gasteiger partial charge on any atom is -0.294 e. The van der Waals surface area contributed by atoms with Crippen molar-refractivity contribution in [3.8, 4) is 0 Å². The van der Waals surface area contributed by atoms with Crippen molar-refractivity contribution >= 4 is 17.5 Å². The van der Waals surface area contributed by atoms with Crippen LogP contribution in [0.3, 0.4) is 0 Å². The average molecular weight is 246 g/mol. The van der Waals surface area contributed by atoms with Crippen molar-refractivity contribution in [3.05, 3.63) is 35.4 Å². The third-order valence-corrected chi connectivity index (χ3v) is 5.62. The summed E-state index contributed by atoms with van der Waals surface area (Å²) in [5.74, 6) is 0.665. The maximum atomic E-state index is 12.4. The van der Waals surface area contributed by atoms with Crippen LogP contribution < -0.4 is 0 Å². The molecule has 2 saturated heterocycles. The van der Waals surface area contributed by atoms with Crippen molar-refractivity contribution in [2.24, 2.45) is 5.92 Å². The van der Waals surface area contributed by atoms with Crippen LogP contribution in [0, 0.1) is 12.8 Å². The number of Topliss-reactive ketones (excluding diaryl/α,β-unsaturated/α-hetero) is 1. The fourth-order valence-corrected chi connectivity index (χ4v) is 4.80. The molecule has 17 heavy (non-hydrogen) atoms. The smallest absolute Gasteiger partial charge is 0.166 e. The van der Waals surface area contributed by atoms with Crippen LogP contribution in [0.15, 0.2) is 24.3 Å². The fourth-order valence-electron chi connectivity index (χ4n) is 3.03. The Hall–Kier alpha value is -0.760. The van der Waals surface area contributed by atoms with Crippen LogP contribution in [-0.4, -0.2) is 16.3 Å². The molecular formula is C15H18OS. The van der Waals surface area contributed by atoms with E-state index in [9.17, 15) is 4.79 Å². The minimum atomic E-state index is 0.288. The Kier molecular flexibility index (Phi) is 2.99. The summed E-state index contributed by atoms with van der Waals surface area (Å²) in [6.45, 7) is 2.06. The number of hydrogen-bond acceptors (Lipinski definition) is 2. The number of benzene rings is 1. The average Bonchev–Trinajstić information content (AvgIpc) is 2.68. The Morgan fingerprint density at radius 3 is 2.29 bits per heavy atom.